The summed E-state index contributed by atoms with van der Waals surface area (Å²) < 4.78 is 26.3. The lowest BCUT2D eigenvalue weighted by molar-refractivity contribution is -0.180. The third-order valence-corrected chi connectivity index (χ3v) is 2.39. The van der Waals surface area contributed by atoms with Crippen LogP contribution in [0.1, 0.15) is 40.5 Å². The fourth-order valence-electron chi connectivity index (χ4n) is 1.05. The van der Waals surface area contributed by atoms with Crippen molar-refractivity contribution in [1.82, 2.24) is 0 Å². The van der Waals surface area contributed by atoms with Gasteiger partial charge in [0.15, 0.2) is 0 Å². The number of carbonyl (C=O) groups is 1. The lowest BCUT2D eigenvalue weighted by atomic mass is 9.87. The van der Waals surface area contributed by atoms with Crippen LogP contribution in [0.2, 0.25) is 0 Å². The normalized spacial score (nSPS) is 16.9. The highest BCUT2D eigenvalue weighted by Crippen LogP contribution is 2.34. The zero-order valence-corrected chi connectivity index (χ0v) is 9.10. The Kier molecular flexibility index (Phi) is 4.18. The van der Waals surface area contributed by atoms with Crippen LogP contribution in [0.4, 0.5) is 8.78 Å². The Hall–Kier alpha value is -0.510. The van der Waals surface area contributed by atoms with Crippen molar-refractivity contribution in [1.29, 1.82) is 0 Å². The van der Waals surface area contributed by atoms with Crippen LogP contribution in [-0.2, 0) is 4.79 Å². The number of aliphatic hydroxyl groups is 1. The standard InChI is InChI=1S/C10H18F2O2/c1-5-10(11,12)9(4,14)6-8(13)7(2)3/h7,14H,5-6H2,1-4H3. The van der Waals surface area contributed by atoms with E-state index in [9.17, 15) is 18.7 Å². The van der Waals surface area contributed by atoms with Gasteiger partial charge in [-0.3, -0.25) is 4.79 Å². The fourth-order valence-corrected chi connectivity index (χ4v) is 1.05. The van der Waals surface area contributed by atoms with Gasteiger partial charge in [0, 0.05) is 18.8 Å². The van der Waals surface area contributed by atoms with Gasteiger partial charge in [0.2, 0.25) is 0 Å². The molecular formula is C10H18F2O2. The van der Waals surface area contributed by atoms with Gasteiger partial charge in [-0.05, 0) is 6.92 Å². The van der Waals surface area contributed by atoms with Gasteiger partial charge in [0.1, 0.15) is 11.4 Å². The van der Waals surface area contributed by atoms with Crippen molar-refractivity contribution in [3.05, 3.63) is 0 Å². The summed E-state index contributed by atoms with van der Waals surface area (Å²) in [5.74, 6) is -3.88. The molecule has 4 heteroatoms. The molecule has 0 amide bonds. The quantitative estimate of drug-likeness (QED) is 0.753. The molecule has 84 valence electrons. The molecule has 0 fully saturated rings. The van der Waals surface area contributed by atoms with Crippen LogP contribution >= 0.6 is 0 Å². The Morgan fingerprint density at radius 1 is 1.43 bits per heavy atom. The van der Waals surface area contributed by atoms with E-state index in [-0.39, 0.29) is 11.7 Å². The minimum atomic E-state index is -3.21. The number of hydrogen-bond donors (Lipinski definition) is 1. The average molecular weight is 208 g/mol. The number of halogens is 2. The van der Waals surface area contributed by atoms with Gasteiger partial charge in [-0.1, -0.05) is 20.8 Å². The zero-order chi connectivity index (χ0) is 11.6. The van der Waals surface area contributed by atoms with Crippen LogP contribution in [0.25, 0.3) is 0 Å². The Balaban J connectivity index is 4.57. The highest BCUT2D eigenvalue weighted by atomic mass is 19.3. The topological polar surface area (TPSA) is 37.3 Å². The van der Waals surface area contributed by atoms with Crippen molar-refractivity contribution in [2.24, 2.45) is 5.92 Å². The smallest absolute Gasteiger partial charge is 0.276 e. The first kappa shape index (κ1) is 13.5. The third kappa shape index (κ3) is 3.01. The summed E-state index contributed by atoms with van der Waals surface area (Å²) in [6.07, 6.45) is -0.961. The summed E-state index contributed by atoms with van der Waals surface area (Å²) in [5, 5.41) is 9.49. The molecule has 0 rings (SSSR count). The minimum Gasteiger partial charge on any atom is -0.383 e. The van der Waals surface area contributed by atoms with E-state index < -0.39 is 24.4 Å². The summed E-state index contributed by atoms with van der Waals surface area (Å²) in [4.78, 5) is 11.2. The summed E-state index contributed by atoms with van der Waals surface area (Å²) in [6.45, 7) is 5.55. The van der Waals surface area contributed by atoms with E-state index in [0.29, 0.717) is 0 Å². The van der Waals surface area contributed by atoms with Gasteiger partial charge < -0.3 is 5.11 Å². The zero-order valence-electron chi connectivity index (χ0n) is 9.10. The van der Waals surface area contributed by atoms with Gasteiger partial charge in [0.25, 0.3) is 5.92 Å². The summed E-state index contributed by atoms with van der Waals surface area (Å²) in [5.41, 5.74) is -2.23. The third-order valence-electron chi connectivity index (χ3n) is 2.39. The lowest BCUT2D eigenvalue weighted by Crippen LogP contribution is -2.47. The molecule has 1 N–H and O–H groups in total. The number of carbonyl (C=O) groups excluding carboxylic acids is 1. The van der Waals surface area contributed by atoms with Crippen molar-refractivity contribution in [2.45, 2.75) is 52.1 Å². The Morgan fingerprint density at radius 3 is 2.14 bits per heavy atom. The second kappa shape index (κ2) is 4.34. The van der Waals surface area contributed by atoms with Gasteiger partial charge in [-0.25, -0.2) is 8.78 Å². The number of rotatable bonds is 5. The SMILES string of the molecule is CCC(F)(F)C(C)(O)CC(=O)C(C)C. The fraction of sp³-hybridized carbons (Fsp3) is 0.900. The van der Waals surface area contributed by atoms with Crippen molar-refractivity contribution in [3.8, 4) is 0 Å². The van der Waals surface area contributed by atoms with E-state index >= 15 is 0 Å². The molecule has 1 atom stereocenters. The minimum absolute atomic E-state index is 0.325. The van der Waals surface area contributed by atoms with Gasteiger partial charge in [-0.2, -0.15) is 0 Å². The van der Waals surface area contributed by atoms with Crippen LogP contribution in [0.5, 0.6) is 0 Å². The van der Waals surface area contributed by atoms with Gasteiger partial charge in [0.05, 0.1) is 0 Å². The van der Waals surface area contributed by atoms with Crippen LogP contribution in [0.3, 0.4) is 0 Å². The molecule has 0 spiro atoms. The molecule has 14 heavy (non-hydrogen) atoms. The molecule has 2 nitrogen and oxygen atoms in total. The summed E-state index contributed by atoms with van der Waals surface area (Å²) >= 11 is 0. The molecule has 0 aliphatic carbocycles. The molecule has 0 saturated carbocycles. The predicted molar refractivity (Wildman–Crippen MR) is 50.3 cm³/mol. The van der Waals surface area contributed by atoms with Crippen LogP contribution < -0.4 is 0 Å². The van der Waals surface area contributed by atoms with Crippen LogP contribution in [0.15, 0.2) is 0 Å². The van der Waals surface area contributed by atoms with Gasteiger partial charge >= 0.3 is 0 Å². The van der Waals surface area contributed by atoms with Gasteiger partial charge in [-0.15, -0.1) is 0 Å². The molecular weight excluding hydrogens is 190 g/mol. The first-order chi connectivity index (χ1) is 6.14. The second-order valence-electron chi connectivity index (χ2n) is 4.13. The maximum Gasteiger partial charge on any atom is 0.276 e. The average Bonchev–Trinajstić information content (AvgIpc) is 2.03. The van der Waals surface area contributed by atoms with E-state index in [0.717, 1.165) is 6.92 Å². The molecule has 0 aliphatic rings. The molecule has 0 aromatic carbocycles. The number of ketones is 1. The number of Topliss-reactive ketones (excluding diaryl/α,β-unsaturated/α-hetero) is 1. The molecule has 0 bridgehead atoms. The maximum atomic E-state index is 13.2. The van der Waals surface area contributed by atoms with E-state index in [1.807, 2.05) is 0 Å². The van der Waals surface area contributed by atoms with E-state index in [4.69, 9.17) is 0 Å². The Labute approximate surface area is 83.3 Å². The monoisotopic (exact) mass is 208 g/mol. The highest BCUT2D eigenvalue weighted by Gasteiger charge is 2.48. The van der Waals surface area contributed by atoms with E-state index in [2.05, 4.69) is 0 Å². The van der Waals surface area contributed by atoms with E-state index in [1.165, 1.54) is 6.92 Å². The number of hydrogen-bond acceptors (Lipinski definition) is 2. The largest absolute Gasteiger partial charge is 0.383 e. The maximum absolute atomic E-state index is 13.2. The van der Waals surface area contributed by atoms with Crippen molar-refractivity contribution >= 4 is 5.78 Å². The summed E-state index contributed by atoms with van der Waals surface area (Å²) in [7, 11) is 0. The summed E-state index contributed by atoms with van der Waals surface area (Å²) in [6, 6.07) is 0. The van der Waals surface area contributed by atoms with E-state index in [1.54, 1.807) is 13.8 Å². The van der Waals surface area contributed by atoms with Crippen molar-refractivity contribution in [2.75, 3.05) is 0 Å². The molecule has 0 aromatic rings. The van der Waals surface area contributed by atoms with Crippen LogP contribution in [-0.4, -0.2) is 22.4 Å². The van der Waals surface area contributed by atoms with Crippen molar-refractivity contribution in [3.63, 3.8) is 0 Å². The molecule has 1 unspecified atom stereocenters. The molecule has 0 heterocycles. The highest BCUT2D eigenvalue weighted by molar-refractivity contribution is 5.81. The molecule has 0 aromatic heterocycles. The Morgan fingerprint density at radius 2 is 1.86 bits per heavy atom. The Bertz CT molecular complexity index is 210. The van der Waals surface area contributed by atoms with Crippen molar-refractivity contribution < 1.29 is 18.7 Å². The first-order valence-corrected chi connectivity index (χ1v) is 4.77. The van der Waals surface area contributed by atoms with Crippen LogP contribution in [0, 0.1) is 5.92 Å². The molecule has 0 radical (unpaired) electrons. The first-order valence-electron chi connectivity index (χ1n) is 4.77. The lowest BCUT2D eigenvalue weighted by Gasteiger charge is -2.31. The molecule has 0 saturated heterocycles. The second-order valence-corrected chi connectivity index (χ2v) is 4.13. The molecule has 0 aliphatic heterocycles. The predicted octanol–water partition coefficient (Wildman–Crippen LogP) is 2.40. The number of alkyl halides is 2.